The topological polar surface area (TPSA) is 36.1 Å². The van der Waals surface area contributed by atoms with Crippen LogP contribution in [0.15, 0.2) is 53.7 Å². The maximum atomic E-state index is 5.09. The standard InChI is InChI=1S/C33H49N5/c1-26(2)16-22-37(23-17-27(3)4)33(34-5)29-18-24-38-31(25-29)30(15-12-21-36-19-10-7-11-20-36)32(35-38)28-13-8-6-9-14-28/h6,8-9,13-14,18,24-27H,7,10-12,15-17,19-23H2,1-5H3. The van der Waals surface area contributed by atoms with Gasteiger partial charge in [-0.25, -0.2) is 4.52 Å². The molecule has 0 spiro atoms. The molecule has 3 aromatic rings. The molecule has 206 valence electrons. The molecule has 0 atom stereocenters. The number of amidine groups is 1. The quantitative estimate of drug-likeness (QED) is 0.189. The monoisotopic (exact) mass is 515 g/mol. The molecule has 1 saturated heterocycles. The van der Waals surface area contributed by atoms with Crippen LogP contribution in [0.4, 0.5) is 0 Å². The van der Waals surface area contributed by atoms with Crippen molar-refractivity contribution in [3.8, 4) is 11.3 Å². The Bertz CT molecular complexity index is 1140. The Morgan fingerprint density at radius 1 is 0.947 bits per heavy atom. The zero-order valence-corrected chi connectivity index (χ0v) is 24.5. The van der Waals surface area contributed by atoms with Gasteiger partial charge in [0.25, 0.3) is 0 Å². The Morgan fingerprint density at radius 3 is 2.26 bits per heavy atom. The van der Waals surface area contributed by atoms with E-state index in [2.05, 4.69) is 90.7 Å². The second-order valence-corrected chi connectivity index (χ2v) is 11.8. The third kappa shape index (κ3) is 7.47. The van der Waals surface area contributed by atoms with Crippen LogP contribution in [0.1, 0.15) is 77.3 Å². The van der Waals surface area contributed by atoms with Crippen molar-refractivity contribution < 1.29 is 0 Å². The SMILES string of the molecule is CN=C(c1ccn2nc(-c3ccccc3)c(CCCN3CCCCC3)c2c1)N(CCC(C)C)CCC(C)C. The number of nitrogens with zero attached hydrogens (tertiary/aromatic N) is 5. The molecule has 0 amide bonds. The predicted molar refractivity (Wildman–Crippen MR) is 162 cm³/mol. The van der Waals surface area contributed by atoms with Gasteiger partial charge in [0.15, 0.2) is 0 Å². The van der Waals surface area contributed by atoms with Crippen molar-refractivity contribution in [3.05, 3.63) is 59.8 Å². The molecule has 0 saturated carbocycles. The highest BCUT2D eigenvalue weighted by Gasteiger charge is 2.19. The highest BCUT2D eigenvalue weighted by atomic mass is 15.2. The van der Waals surface area contributed by atoms with E-state index < -0.39 is 0 Å². The number of hydrogen-bond donors (Lipinski definition) is 0. The van der Waals surface area contributed by atoms with Crippen molar-refractivity contribution in [2.24, 2.45) is 16.8 Å². The van der Waals surface area contributed by atoms with Crippen molar-refractivity contribution in [1.29, 1.82) is 0 Å². The van der Waals surface area contributed by atoms with E-state index in [9.17, 15) is 0 Å². The van der Waals surface area contributed by atoms with E-state index in [4.69, 9.17) is 10.1 Å². The normalized spacial score (nSPS) is 15.2. The number of pyridine rings is 1. The number of benzene rings is 1. The lowest BCUT2D eigenvalue weighted by atomic mass is 10.0. The molecule has 0 aliphatic carbocycles. The number of rotatable bonds is 12. The van der Waals surface area contributed by atoms with Crippen LogP contribution in [0, 0.1) is 11.8 Å². The Balaban J connectivity index is 1.66. The molecular formula is C33H49N5. The van der Waals surface area contributed by atoms with Crippen LogP contribution in [0.5, 0.6) is 0 Å². The van der Waals surface area contributed by atoms with E-state index >= 15 is 0 Å². The number of piperidine rings is 1. The largest absolute Gasteiger partial charge is 0.356 e. The van der Waals surface area contributed by atoms with Crippen LogP contribution >= 0.6 is 0 Å². The maximum absolute atomic E-state index is 5.09. The van der Waals surface area contributed by atoms with Crippen LogP contribution in [0.25, 0.3) is 16.8 Å². The summed E-state index contributed by atoms with van der Waals surface area (Å²) in [5, 5.41) is 5.09. The van der Waals surface area contributed by atoms with Crippen LogP contribution < -0.4 is 0 Å². The lowest BCUT2D eigenvalue weighted by molar-refractivity contribution is 0.226. The van der Waals surface area contributed by atoms with E-state index in [1.807, 2.05) is 7.05 Å². The second-order valence-electron chi connectivity index (χ2n) is 11.8. The van der Waals surface area contributed by atoms with E-state index in [0.29, 0.717) is 11.8 Å². The number of likely N-dealkylation sites (tertiary alicyclic amines) is 1. The molecule has 3 heterocycles. The molecular weight excluding hydrogens is 466 g/mol. The minimum Gasteiger partial charge on any atom is -0.356 e. The number of aryl methyl sites for hydroxylation is 1. The van der Waals surface area contributed by atoms with Gasteiger partial charge in [0, 0.05) is 43.0 Å². The van der Waals surface area contributed by atoms with Gasteiger partial charge in [-0.15, -0.1) is 0 Å². The van der Waals surface area contributed by atoms with Crippen LogP contribution in [0.2, 0.25) is 0 Å². The van der Waals surface area contributed by atoms with Gasteiger partial charge in [-0.1, -0.05) is 64.4 Å². The molecule has 38 heavy (non-hydrogen) atoms. The smallest absolute Gasteiger partial charge is 0.130 e. The first-order valence-corrected chi connectivity index (χ1v) is 15.0. The third-order valence-corrected chi connectivity index (χ3v) is 7.86. The van der Waals surface area contributed by atoms with Crippen molar-refractivity contribution in [2.45, 2.75) is 72.6 Å². The molecule has 0 radical (unpaired) electrons. The van der Waals surface area contributed by atoms with E-state index in [1.165, 1.54) is 73.9 Å². The molecule has 2 aromatic heterocycles. The van der Waals surface area contributed by atoms with Gasteiger partial charge in [0.05, 0.1) is 11.2 Å². The van der Waals surface area contributed by atoms with Gasteiger partial charge >= 0.3 is 0 Å². The van der Waals surface area contributed by atoms with Crippen molar-refractivity contribution in [1.82, 2.24) is 19.4 Å². The van der Waals surface area contributed by atoms with Gasteiger partial charge in [0.2, 0.25) is 0 Å². The van der Waals surface area contributed by atoms with E-state index in [1.54, 1.807) is 0 Å². The molecule has 1 fully saturated rings. The Morgan fingerprint density at radius 2 is 1.63 bits per heavy atom. The molecule has 0 bridgehead atoms. The fourth-order valence-corrected chi connectivity index (χ4v) is 5.58. The second kappa shape index (κ2) is 13.9. The first-order chi connectivity index (χ1) is 18.5. The van der Waals surface area contributed by atoms with Crippen molar-refractivity contribution >= 4 is 11.4 Å². The summed E-state index contributed by atoms with van der Waals surface area (Å²) in [7, 11) is 1.95. The van der Waals surface area contributed by atoms with Crippen LogP contribution in [-0.4, -0.2) is 65.0 Å². The lowest BCUT2D eigenvalue weighted by Crippen LogP contribution is -2.35. The minimum atomic E-state index is 0.673. The van der Waals surface area contributed by atoms with E-state index in [-0.39, 0.29) is 0 Å². The summed E-state index contributed by atoms with van der Waals surface area (Å²) >= 11 is 0. The molecule has 5 nitrogen and oxygen atoms in total. The van der Waals surface area contributed by atoms with Crippen LogP contribution in [-0.2, 0) is 6.42 Å². The van der Waals surface area contributed by atoms with Gasteiger partial charge in [-0.3, -0.25) is 4.99 Å². The highest BCUT2D eigenvalue weighted by molar-refractivity contribution is 6.00. The van der Waals surface area contributed by atoms with Gasteiger partial charge in [0.1, 0.15) is 5.84 Å². The predicted octanol–water partition coefficient (Wildman–Crippen LogP) is 7.19. The Kier molecular flexibility index (Phi) is 10.4. The molecule has 0 N–H and O–H groups in total. The molecule has 5 heteroatoms. The Hall–Kier alpha value is -2.66. The number of aliphatic imine (C=N–C) groups is 1. The van der Waals surface area contributed by atoms with Gasteiger partial charge in [-0.2, -0.15) is 5.10 Å². The average molecular weight is 516 g/mol. The average Bonchev–Trinajstić information content (AvgIpc) is 3.29. The van der Waals surface area contributed by atoms with Crippen LogP contribution in [0.3, 0.4) is 0 Å². The zero-order valence-electron chi connectivity index (χ0n) is 24.5. The first-order valence-electron chi connectivity index (χ1n) is 15.0. The number of aromatic nitrogens is 2. The third-order valence-electron chi connectivity index (χ3n) is 7.86. The van der Waals surface area contributed by atoms with Gasteiger partial charge < -0.3 is 9.80 Å². The summed E-state index contributed by atoms with van der Waals surface area (Å²) in [6.45, 7) is 15.0. The minimum absolute atomic E-state index is 0.673. The van der Waals surface area contributed by atoms with Gasteiger partial charge in [-0.05, 0) is 82.1 Å². The number of hydrogen-bond acceptors (Lipinski definition) is 3. The first kappa shape index (κ1) is 28.4. The summed E-state index contributed by atoms with van der Waals surface area (Å²) in [6.07, 6.45) is 10.8. The molecule has 1 aliphatic rings. The summed E-state index contributed by atoms with van der Waals surface area (Å²) < 4.78 is 2.09. The summed E-state index contributed by atoms with van der Waals surface area (Å²) in [5.41, 5.74) is 6.10. The fraction of sp³-hybridized carbons (Fsp3) is 0.576. The summed E-state index contributed by atoms with van der Waals surface area (Å²) in [6, 6.07) is 15.2. The summed E-state index contributed by atoms with van der Waals surface area (Å²) in [4.78, 5) is 10.0. The van der Waals surface area contributed by atoms with E-state index in [0.717, 1.165) is 37.5 Å². The zero-order chi connectivity index (χ0) is 26.9. The van der Waals surface area contributed by atoms with Crippen molar-refractivity contribution in [3.63, 3.8) is 0 Å². The molecule has 0 unspecified atom stereocenters. The Labute approximate surface area is 231 Å². The highest BCUT2D eigenvalue weighted by Crippen LogP contribution is 2.29. The lowest BCUT2D eigenvalue weighted by Gasteiger charge is -2.28. The molecule has 4 rings (SSSR count). The van der Waals surface area contributed by atoms with Crippen molar-refractivity contribution in [2.75, 3.05) is 39.8 Å². The number of fused-ring (bicyclic) bond motifs is 1. The fourth-order valence-electron chi connectivity index (χ4n) is 5.58. The maximum Gasteiger partial charge on any atom is 0.130 e. The molecule has 1 aromatic carbocycles. The summed E-state index contributed by atoms with van der Waals surface area (Å²) in [5.74, 6) is 2.45. The molecule has 1 aliphatic heterocycles.